The zero-order valence-corrected chi connectivity index (χ0v) is 23.9. The first-order valence-corrected chi connectivity index (χ1v) is 14.1. The molecule has 1 spiro atoms. The average molecular weight is 615 g/mol. The Morgan fingerprint density at radius 1 is 1.14 bits per heavy atom. The van der Waals surface area contributed by atoms with E-state index in [4.69, 9.17) is 23.7 Å². The largest absolute Gasteiger partial charge is 0.508 e. The lowest BCUT2D eigenvalue weighted by Gasteiger charge is -2.45. The van der Waals surface area contributed by atoms with Crippen molar-refractivity contribution in [3.63, 3.8) is 0 Å². The summed E-state index contributed by atoms with van der Waals surface area (Å²) in [6, 6.07) is 6.15. The number of carbonyl (C=O) groups excluding carboxylic acids is 3. The molecular formula is C31H34O13. The third-order valence-electron chi connectivity index (χ3n) is 8.30. The Balaban J connectivity index is 1.39. The van der Waals surface area contributed by atoms with Crippen LogP contribution in [0, 0.1) is 11.8 Å². The number of aliphatic hydroxyl groups is 4. The summed E-state index contributed by atoms with van der Waals surface area (Å²) in [4.78, 5) is 38.3. The molecular weight excluding hydrogens is 580 g/mol. The molecule has 2 heterocycles. The number of phenolic OH excluding ortho intramolecular Hbond substituents is 1. The first-order chi connectivity index (χ1) is 21.0. The molecule has 1 aromatic carbocycles. The topological polar surface area (TPSA) is 199 Å². The number of carbonyl (C=O) groups is 3. The van der Waals surface area contributed by atoms with E-state index in [-0.39, 0.29) is 17.7 Å². The van der Waals surface area contributed by atoms with Gasteiger partial charge in [0.1, 0.15) is 36.3 Å². The number of ether oxygens (including phenoxy) is 5. The van der Waals surface area contributed by atoms with Gasteiger partial charge < -0.3 is 49.2 Å². The molecule has 0 aromatic heterocycles. The predicted octanol–water partition coefficient (Wildman–Crippen LogP) is 0.0495. The molecule has 1 fully saturated rings. The maximum Gasteiger partial charge on any atom is 0.338 e. The summed E-state index contributed by atoms with van der Waals surface area (Å²) in [6.45, 7) is 0.862. The lowest BCUT2D eigenvalue weighted by molar-refractivity contribution is -0.317. The Kier molecular flexibility index (Phi) is 9.07. The monoisotopic (exact) mass is 614 g/mol. The minimum absolute atomic E-state index is 0.0578. The number of aliphatic hydroxyl groups excluding tert-OH is 4. The molecule has 0 unspecified atom stereocenters. The smallest absolute Gasteiger partial charge is 0.338 e. The van der Waals surface area contributed by atoms with E-state index in [9.17, 15) is 39.9 Å². The summed E-state index contributed by atoms with van der Waals surface area (Å²) in [5, 5.41) is 50.0. The van der Waals surface area contributed by atoms with Crippen molar-refractivity contribution in [3.8, 4) is 5.75 Å². The molecule has 13 heteroatoms. The van der Waals surface area contributed by atoms with Gasteiger partial charge in [-0.3, -0.25) is 0 Å². The Morgan fingerprint density at radius 3 is 2.55 bits per heavy atom. The van der Waals surface area contributed by atoms with Gasteiger partial charge in [-0.05, 0) is 49.3 Å². The number of phenols is 1. The van der Waals surface area contributed by atoms with E-state index >= 15 is 0 Å². The van der Waals surface area contributed by atoms with E-state index in [1.54, 1.807) is 30.4 Å². The Morgan fingerprint density at radius 2 is 1.86 bits per heavy atom. The van der Waals surface area contributed by atoms with Crippen LogP contribution in [-0.2, 0) is 38.1 Å². The van der Waals surface area contributed by atoms with E-state index in [0.717, 1.165) is 0 Å². The van der Waals surface area contributed by atoms with Gasteiger partial charge in [0.05, 0.1) is 25.4 Å². The molecule has 0 radical (unpaired) electrons. The molecule has 1 saturated heterocycles. The van der Waals surface area contributed by atoms with Crippen molar-refractivity contribution in [2.24, 2.45) is 11.8 Å². The second kappa shape index (κ2) is 12.6. The number of rotatable bonds is 8. The van der Waals surface area contributed by atoms with Gasteiger partial charge in [0.15, 0.2) is 11.9 Å². The summed E-state index contributed by atoms with van der Waals surface area (Å²) in [5.74, 6) is -3.41. The van der Waals surface area contributed by atoms with Gasteiger partial charge in [-0.25, -0.2) is 14.4 Å². The van der Waals surface area contributed by atoms with Crippen molar-refractivity contribution in [3.05, 3.63) is 71.4 Å². The first kappa shape index (κ1) is 31.6. The summed E-state index contributed by atoms with van der Waals surface area (Å²) in [7, 11) is 1.24. The quantitative estimate of drug-likeness (QED) is 0.114. The normalized spacial score (nSPS) is 35.2. The number of hydrogen-bond donors (Lipinski definition) is 5. The van der Waals surface area contributed by atoms with Crippen LogP contribution in [0.25, 0.3) is 6.08 Å². The van der Waals surface area contributed by atoms with Crippen molar-refractivity contribution in [2.45, 2.75) is 61.9 Å². The SMILES string of the molecule is COC(=O)C1=CC[C@@H](O[C@@H]2O[C@H](CO)[C@@H](O)[C@H](O)[C@H]2O)[C@H]2[C@@H]1C=C[C@@]21C=C([C@H](C)OC(=O)C=Cc2ccc(O)cc2)C(=O)O1. The predicted molar refractivity (Wildman–Crippen MR) is 149 cm³/mol. The third-order valence-corrected chi connectivity index (χ3v) is 8.30. The molecule has 44 heavy (non-hydrogen) atoms. The van der Waals surface area contributed by atoms with Crippen LogP contribution in [0.3, 0.4) is 0 Å². The zero-order valence-electron chi connectivity index (χ0n) is 23.9. The third kappa shape index (κ3) is 5.94. The van der Waals surface area contributed by atoms with E-state index < -0.39 is 84.9 Å². The van der Waals surface area contributed by atoms with E-state index in [2.05, 4.69) is 0 Å². The highest BCUT2D eigenvalue weighted by atomic mass is 16.7. The van der Waals surface area contributed by atoms with Gasteiger partial charge in [-0.15, -0.1) is 0 Å². The molecule has 5 N–H and O–H groups in total. The summed E-state index contributed by atoms with van der Waals surface area (Å²) in [6.07, 6.45) is -0.294. The number of fused-ring (bicyclic) bond motifs is 2. The van der Waals surface area contributed by atoms with Crippen LogP contribution in [-0.4, -0.2) is 106 Å². The number of esters is 3. The van der Waals surface area contributed by atoms with E-state index in [1.165, 1.54) is 44.4 Å². The minimum atomic E-state index is -1.67. The van der Waals surface area contributed by atoms with Gasteiger partial charge in [0.2, 0.25) is 0 Å². The van der Waals surface area contributed by atoms with Gasteiger partial charge in [-0.1, -0.05) is 24.3 Å². The fourth-order valence-corrected chi connectivity index (χ4v) is 6.05. The van der Waals surface area contributed by atoms with Crippen LogP contribution in [0.5, 0.6) is 5.75 Å². The Labute approximate surface area is 252 Å². The number of benzene rings is 1. The van der Waals surface area contributed by atoms with E-state index in [0.29, 0.717) is 11.1 Å². The Hall–Kier alpha value is -3.85. The lowest BCUT2D eigenvalue weighted by Crippen LogP contribution is -2.60. The van der Waals surface area contributed by atoms with Gasteiger partial charge >= 0.3 is 17.9 Å². The number of methoxy groups -OCH3 is 1. The van der Waals surface area contributed by atoms with Gasteiger partial charge in [0, 0.05) is 23.5 Å². The van der Waals surface area contributed by atoms with Crippen LogP contribution < -0.4 is 0 Å². The molecule has 13 nitrogen and oxygen atoms in total. The minimum Gasteiger partial charge on any atom is -0.508 e. The molecule has 2 aliphatic heterocycles. The fourth-order valence-electron chi connectivity index (χ4n) is 6.05. The summed E-state index contributed by atoms with van der Waals surface area (Å²) in [5.41, 5.74) is -0.435. The Bertz CT molecular complexity index is 1390. The maximum atomic E-state index is 13.2. The van der Waals surface area contributed by atoms with Crippen LogP contribution in [0.15, 0.2) is 65.8 Å². The molecule has 1 aromatic rings. The van der Waals surface area contributed by atoms with Gasteiger partial charge in [-0.2, -0.15) is 0 Å². The second-order valence-electron chi connectivity index (χ2n) is 11.0. The fraction of sp³-hybridized carbons (Fsp3) is 0.452. The average Bonchev–Trinajstić information content (AvgIpc) is 3.56. The van der Waals surface area contributed by atoms with E-state index in [1.807, 2.05) is 0 Å². The molecule has 2 aliphatic carbocycles. The first-order valence-electron chi connectivity index (χ1n) is 14.1. The van der Waals surface area contributed by atoms with Crippen molar-refractivity contribution >= 4 is 24.0 Å². The van der Waals surface area contributed by atoms with Crippen LogP contribution in [0.2, 0.25) is 0 Å². The standard InChI is InChI=1S/C31H34O13/c1-15(41-23(34)10-5-16-3-6-17(33)7-4-16)20-13-31(44-29(20)39)12-11-18-19(28(38)40-2)8-9-21(24(18)31)42-30-27(37)26(36)25(35)22(14-32)43-30/h3-8,10-13,15,18,21-22,24-27,30,32-33,35-37H,9,14H2,1-2H3/t15-,18+,21+,22+,24+,25+,26-,27+,30+,31+/m0/s1. The van der Waals surface area contributed by atoms with Crippen LogP contribution in [0.4, 0.5) is 0 Å². The molecule has 0 bridgehead atoms. The van der Waals surface area contributed by atoms with Crippen molar-refractivity contribution in [1.82, 2.24) is 0 Å². The number of allylic oxidation sites excluding steroid dienone is 1. The number of hydrogen-bond acceptors (Lipinski definition) is 13. The lowest BCUT2D eigenvalue weighted by atomic mass is 9.72. The summed E-state index contributed by atoms with van der Waals surface area (Å²) >= 11 is 0. The van der Waals surface area contributed by atoms with Crippen molar-refractivity contribution in [1.29, 1.82) is 0 Å². The highest BCUT2D eigenvalue weighted by molar-refractivity contribution is 5.95. The zero-order chi connectivity index (χ0) is 31.8. The van der Waals surface area contributed by atoms with Crippen LogP contribution >= 0.6 is 0 Å². The maximum absolute atomic E-state index is 13.2. The second-order valence-corrected chi connectivity index (χ2v) is 11.0. The summed E-state index contributed by atoms with van der Waals surface area (Å²) < 4.78 is 28.0. The molecule has 4 aliphatic rings. The molecule has 0 amide bonds. The van der Waals surface area contributed by atoms with Gasteiger partial charge in [0.25, 0.3) is 0 Å². The molecule has 236 valence electrons. The molecule has 0 saturated carbocycles. The van der Waals surface area contributed by atoms with Crippen LogP contribution in [0.1, 0.15) is 18.9 Å². The van der Waals surface area contributed by atoms with Crippen molar-refractivity contribution < 1.29 is 63.6 Å². The highest BCUT2D eigenvalue weighted by Gasteiger charge is 2.58. The van der Waals surface area contributed by atoms with Crippen molar-refractivity contribution in [2.75, 3.05) is 13.7 Å². The molecule has 5 rings (SSSR count). The highest BCUT2D eigenvalue weighted by Crippen LogP contribution is 2.51. The number of aromatic hydroxyl groups is 1. The molecule has 10 atom stereocenters.